The van der Waals surface area contributed by atoms with Crippen LogP contribution in [0.4, 0.5) is 10.2 Å². The molecule has 1 heterocycles. The van der Waals surface area contributed by atoms with Crippen LogP contribution in [0.25, 0.3) is 0 Å². The van der Waals surface area contributed by atoms with Gasteiger partial charge in [-0.15, -0.1) is 0 Å². The molecule has 1 aliphatic rings. The Hall–Kier alpha value is -2.50. The fourth-order valence-corrected chi connectivity index (χ4v) is 2.01. The highest BCUT2D eigenvalue weighted by Gasteiger charge is 2.24. The van der Waals surface area contributed by atoms with Crippen LogP contribution in [0.5, 0.6) is 0 Å². The van der Waals surface area contributed by atoms with Crippen LogP contribution in [0.1, 0.15) is 28.9 Å². The van der Waals surface area contributed by atoms with Crippen molar-refractivity contribution in [3.8, 4) is 0 Å². The lowest BCUT2D eigenvalue weighted by atomic mass is 10.1. The zero-order valence-electron chi connectivity index (χ0n) is 12.1. The maximum absolute atomic E-state index is 12.8. The Kier molecular flexibility index (Phi) is 4.27. The van der Waals surface area contributed by atoms with Crippen LogP contribution in [-0.2, 0) is 6.42 Å². The van der Waals surface area contributed by atoms with Gasteiger partial charge < -0.3 is 10.6 Å². The zero-order valence-corrected chi connectivity index (χ0v) is 12.1. The number of hydrogen-bond donors (Lipinski definition) is 2. The van der Waals surface area contributed by atoms with Gasteiger partial charge in [-0.1, -0.05) is 12.1 Å². The zero-order chi connectivity index (χ0) is 15.4. The molecule has 1 amide bonds. The lowest BCUT2D eigenvalue weighted by Gasteiger charge is -2.06. The van der Waals surface area contributed by atoms with Gasteiger partial charge in [-0.2, -0.15) is 0 Å². The lowest BCUT2D eigenvalue weighted by molar-refractivity contribution is 0.0945. The van der Waals surface area contributed by atoms with Crippen molar-refractivity contribution < 1.29 is 9.18 Å². The fourth-order valence-electron chi connectivity index (χ4n) is 2.01. The normalized spacial score (nSPS) is 13.7. The standard InChI is InChI=1S/C16H17FN4O/c17-12-3-1-11(2-4-12)7-8-18-15-10-19-14(9-20-15)16(22)21-13-5-6-13/h1-4,9-10,13H,5-8H2,(H,18,20)(H,21,22). The molecule has 1 aromatic carbocycles. The maximum Gasteiger partial charge on any atom is 0.271 e. The molecule has 3 rings (SSSR count). The minimum absolute atomic E-state index is 0.173. The second-order valence-corrected chi connectivity index (χ2v) is 5.34. The number of carbonyl (C=O) groups is 1. The first kappa shape index (κ1) is 14.4. The van der Waals surface area contributed by atoms with Gasteiger partial charge in [0.2, 0.25) is 0 Å². The second-order valence-electron chi connectivity index (χ2n) is 5.34. The van der Waals surface area contributed by atoms with Crippen molar-refractivity contribution in [1.29, 1.82) is 0 Å². The molecule has 5 nitrogen and oxygen atoms in total. The van der Waals surface area contributed by atoms with Gasteiger partial charge in [0.05, 0.1) is 12.4 Å². The Morgan fingerprint density at radius 3 is 2.59 bits per heavy atom. The Balaban J connectivity index is 1.48. The molecular weight excluding hydrogens is 283 g/mol. The molecule has 1 aliphatic carbocycles. The summed E-state index contributed by atoms with van der Waals surface area (Å²) in [7, 11) is 0. The quantitative estimate of drug-likeness (QED) is 0.858. The van der Waals surface area contributed by atoms with Crippen LogP contribution in [0, 0.1) is 5.82 Å². The van der Waals surface area contributed by atoms with Crippen molar-refractivity contribution in [1.82, 2.24) is 15.3 Å². The molecule has 2 aromatic rings. The van der Waals surface area contributed by atoms with E-state index >= 15 is 0 Å². The first-order chi connectivity index (χ1) is 10.7. The number of hydrogen-bond acceptors (Lipinski definition) is 4. The number of rotatable bonds is 6. The predicted octanol–water partition coefficient (Wildman–Crippen LogP) is 2.16. The molecule has 1 aromatic heterocycles. The van der Waals surface area contributed by atoms with E-state index < -0.39 is 0 Å². The molecule has 1 fully saturated rings. The molecule has 0 spiro atoms. The largest absolute Gasteiger partial charge is 0.368 e. The average molecular weight is 300 g/mol. The summed E-state index contributed by atoms with van der Waals surface area (Å²) in [6.45, 7) is 0.661. The summed E-state index contributed by atoms with van der Waals surface area (Å²) < 4.78 is 12.8. The molecule has 2 N–H and O–H groups in total. The van der Waals surface area contributed by atoms with Crippen molar-refractivity contribution in [2.45, 2.75) is 25.3 Å². The first-order valence-corrected chi connectivity index (χ1v) is 7.32. The van der Waals surface area contributed by atoms with Crippen molar-refractivity contribution in [2.75, 3.05) is 11.9 Å². The minimum atomic E-state index is -0.234. The van der Waals surface area contributed by atoms with Gasteiger partial charge in [-0.05, 0) is 37.0 Å². The third-order valence-corrected chi connectivity index (χ3v) is 3.43. The number of anilines is 1. The number of halogens is 1. The van der Waals surface area contributed by atoms with Crippen LogP contribution in [-0.4, -0.2) is 28.5 Å². The Morgan fingerprint density at radius 2 is 1.95 bits per heavy atom. The first-order valence-electron chi connectivity index (χ1n) is 7.32. The minimum Gasteiger partial charge on any atom is -0.368 e. The van der Waals surface area contributed by atoms with E-state index in [0.717, 1.165) is 24.8 Å². The number of carbonyl (C=O) groups excluding carboxylic acids is 1. The topological polar surface area (TPSA) is 66.9 Å². The highest BCUT2D eigenvalue weighted by atomic mass is 19.1. The van der Waals surface area contributed by atoms with Gasteiger partial charge in [0.15, 0.2) is 0 Å². The Bertz CT molecular complexity index is 638. The molecule has 0 atom stereocenters. The predicted molar refractivity (Wildman–Crippen MR) is 81.1 cm³/mol. The van der Waals surface area contributed by atoms with E-state index in [1.54, 1.807) is 18.3 Å². The summed E-state index contributed by atoms with van der Waals surface area (Å²) in [6.07, 6.45) is 5.86. The molecule has 22 heavy (non-hydrogen) atoms. The van der Waals surface area contributed by atoms with Crippen LogP contribution in [0.2, 0.25) is 0 Å². The van der Waals surface area contributed by atoms with Crippen LogP contribution in [0.3, 0.4) is 0 Å². The third-order valence-electron chi connectivity index (χ3n) is 3.43. The van der Waals surface area contributed by atoms with E-state index in [1.807, 2.05) is 0 Å². The van der Waals surface area contributed by atoms with Gasteiger partial charge >= 0.3 is 0 Å². The van der Waals surface area contributed by atoms with E-state index in [-0.39, 0.29) is 11.7 Å². The van der Waals surface area contributed by atoms with Crippen LogP contribution >= 0.6 is 0 Å². The van der Waals surface area contributed by atoms with E-state index in [0.29, 0.717) is 24.1 Å². The summed E-state index contributed by atoms with van der Waals surface area (Å²) in [5.41, 5.74) is 1.37. The van der Waals surface area contributed by atoms with E-state index in [4.69, 9.17) is 0 Å². The second kappa shape index (κ2) is 6.51. The molecule has 0 bridgehead atoms. The average Bonchev–Trinajstić information content (AvgIpc) is 3.34. The molecular formula is C16H17FN4O. The summed E-state index contributed by atoms with van der Waals surface area (Å²) in [5, 5.41) is 5.99. The van der Waals surface area contributed by atoms with Gasteiger partial charge in [0.1, 0.15) is 17.3 Å². The van der Waals surface area contributed by atoms with Crippen LogP contribution in [0.15, 0.2) is 36.7 Å². The molecule has 0 unspecified atom stereocenters. The van der Waals surface area contributed by atoms with Crippen molar-refractivity contribution >= 4 is 11.7 Å². The van der Waals surface area contributed by atoms with E-state index in [9.17, 15) is 9.18 Å². The number of aromatic nitrogens is 2. The van der Waals surface area contributed by atoms with Gasteiger partial charge in [-0.3, -0.25) is 4.79 Å². The fraction of sp³-hybridized carbons (Fsp3) is 0.312. The number of amides is 1. The third kappa shape index (κ3) is 4.00. The lowest BCUT2D eigenvalue weighted by Crippen LogP contribution is -2.26. The molecule has 114 valence electrons. The molecule has 0 radical (unpaired) electrons. The summed E-state index contributed by atoms with van der Waals surface area (Å²) in [6, 6.07) is 6.72. The van der Waals surface area contributed by atoms with Crippen molar-refractivity contribution in [2.24, 2.45) is 0 Å². The Labute approximate surface area is 128 Å². The molecule has 1 saturated carbocycles. The SMILES string of the molecule is O=C(NC1CC1)c1cnc(NCCc2ccc(F)cc2)cn1. The summed E-state index contributed by atoms with van der Waals surface area (Å²) in [4.78, 5) is 20.1. The monoisotopic (exact) mass is 300 g/mol. The molecule has 0 saturated heterocycles. The van der Waals surface area contributed by atoms with Gasteiger partial charge in [-0.25, -0.2) is 14.4 Å². The Morgan fingerprint density at radius 1 is 1.18 bits per heavy atom. The summed E-state index contributed by atoms with van der Waals surface area (Å²) >= 11 is 0. The smallest absolute Gasteiger partial charge is 0.271 e. The van der Waals surface area contributed by atoms with Gasteiger partial charge in [0, 0.05) is 12.6 Å². The molecule has 0 aliphatic heterocycles. The number of nitrogens with one attached hydrogen (secondary N) is 2. The van der Waals surface area contributed by atoms with E-state index in [2.05, 4.69) is 20.6 Å². The highest BCUT2D eigenvalue weighted by molar-refractivity contribution is 5.92. The van der Waals surface area contributed by atoms with Crippen molar-refractivity contribution in [3.05, 3.63) is 53.7 Å². The van der Waals surface area contributed by atoms with Crippen LogP contribution < -0.4 is 10.6 Å². The number of benzene rings is 1. The van der Waals surface area contributed by atoms with Crippen molar-refractivity contribution in [3.63, 3.8) is 0 Å². The maximum atomic E-state index is 12.8. The molecule has 6 heteroatoms. The van der Waals surface area contributed by atoms with E-state index in [1.165, 1.54) is 18.3 Å². The highest BCUT2D eigenvalue weighted by Crippen LogP contribution is 2.19. The number of nitrogens with zero attached hydrogens (tertiary/aromatic N) is 2. The summed E-state index contributed by atoms with van der Waals surface area (Å²) in [5.74, 6) is 0.209. The van der Waals surface area contributed by atoms with Gasteiger partial charge in [0.25, 0.3) is 5.91 Å².